The summed E-state index contributed by atoms with van der Waals surface area (Å²) in [7, 11) is -1.13. The zero-order chi connectivity index (χ0) is 28.8. The summed E-state index contributed by atoms with van der Waals surface area (Å²) in [6, 6.07) is 21.6. The first-order valence-electron chi connectivity index (χ1n) is 13.6. The van der Waals surface area contributed by atoms with E-state index in [1.165, 1.54) is 32.9 Å². The molecule has 0 aliphatic rings. The number of hydrogen-bond donors (Lipinski definition) is 1. The molecule has 0 fully saturated rings. The molecule has 0 saturated heterocycles. The van der Waals surface area contributed by atoms with E-state index in [0.717, 1.165) is 5.30 Å². The number of carbonyl (C=O) groups is 1. The number of aromatic carboxylic acids is 1. The van der Waals surface area contributed by atoms with Crippen molar-refractivity contribution in [3.63, 3.8) is 0 Å². The van der Waals surface area contributed by atoms with Gasteiger partial charge in [0.05, 0.1) is 5.56 Å². The zero-order valence-corrected chi connectivity index (χ0v) is 26.5. The molecule has 0 unspecified atom stereocenters. The lowest BCUT2D eigenvalue weighted by Gasteiger charge is -2.31. The maximum absolute atomic E-state index is 12.5. The maximum Gasteiger partial charge on any atom is 0.336 e. The van der Waals surface area contributed by atoms with Gasteiger partial charge in [0.2, 0.25) is 0 Å². The Kier molecular flexibility index (Phi) is 8.14. The van der Waals surface area contributed by atoms with Crippen LogP contribution in [0.3, 0.4) is 0 Å². The van der Waals surface area contributed by atoms with Crippen LogP contribution in [0.5, 0.6) is 0 Å². The summed E-state index contributed by atoms with van der Waals surface area (Å²) in [5.41, 5.74) is 5.37. The highest BCUT2D eigenvalue weighted by Crippen LogP contribution is 2.40. The number of carboxylic acid groups (broad SMARTS) is 1. The average Bonchev–Trinajstić information content (AvgIpc) is 2.77. The van der Waals surface area contributed by atoms with Crippen LogP contribution in [-0.4, -0.2) is 11.1 Å². The topological polar surface area (TPSA) is 37.3 Å². The molecular formula is C35H47O2P. The fourth-order valence-corrected chi connectivity index (χ4v) is 7.06. The number of carboxylic acids is 1. The molecule has 0 saturated carbocycles. The van der Waals surface area contributed by atoms with Crippen molar-refractivity contribution >= 4 is 29.8 Å². The van der Waals surface area contributed by atoms with Gasteiger partial charge in [-0.05, 0) is 73.8 Å². The molecule has 3 aromatic carbocycles. The third-order valence-electron chi connectivity index (χ3n) is 7.19. The third-order valence-corrected chi connectivity index (χ3v) is 9.61. The molecule has 0 amide bonds. The van der Waals surface area contributed by atoms with Gasteiger partial charge in [0.25, 0.3) is 0 Å². The van der Waals surface area contributed by atoms with Gasteiger partial charge >= 0.3 is 5.97 Å². The summed E-state index contributed by atoms with van der Waals surface area (Å²) in [4.78, 5) is 12.5. The molecule has 204 valence electrons. The van der Waals surface area contributed by atoms with Crippen LogP contribution < -0.4 is 15.9 Å². The highest BCUT2D eigenvalue weighted by molar-refractivity contribution is 7.80. The first kappa shape index (κ1) is 30.1. The third kappa shape index (κ3) is 6.76. The van der Waals surface area contributed by atoms with Crippen molar-refractivity contribution in [3.05, 3.63) is 88.5 Å². The highest BCUT2D eigenvalue weighted by atomic mass is 31.1. The summed E-state index contributed by atoms with van der Waals surface area (Å²) < 4.78 is 0. The predicted octanol–water partition coefficient (Wildman–Crippen LogP) is 8.33. The van der Waals surface area contributed by atoms with Crippen LogP contribution in [0.2, 0.25) is 0 Å². The van der Waals surface area contributed by atoms with Crippen molar-refractivity contribution < 1.29 is 9.90 Å². The summed E-state index contributed by atoms with van der Waals surface area (Å²) in [6.07, 6.45) is 0. The minimum atomic E-state index is -1.13. The van der Waals surface area contributed by atoms with Gasteiger partial charge in [-0.2, -0.15) is 0 Å². The number of benzene rings is 3. The molecule has 0 aromatic heterocycles. The second-order valence-electron chi connectivity index (χ2n) is 14.7. The Labute approximate surface area is 232 Å². The van der Waals surface area contributed by atoms with Crippen LogP contribution in [0.15, 0.2) is 60.7 Å². The monoisotopic (exact) mass is 530 g/mol. The van der Waals surface area contributed by atoms with E-state index in [0.29, 0.717) is 5.56 Å². The van der Waals surface area contributed by atoms with Crippen LogP contribution >= 0.6 is 7.92 Å². The van der Waals surface area contributed by atoms with Gasteiger partial charge in [-0.3, -0.25) is 0 Å². The van der Waals surface area contributed by atoms with Crippen LogP contribution in [0, 0.1) is 0 Å². The number of hydrogen-bond acceptors (Lipinski definition) is 1. The van der Waals surface area contributed by atoms with Gasteiger partial charge in [0.15, 0.2) is 0 Å². The fourth-order valence-electron chi connectivity index (χ4n) is 4.49. The van der Waals surface area contributed by atoms with Gasteiger partial charge in [0, 0.05) is 0 Å². The fraction of sp³-hybridized carbons (Fsp3) is 0.457. The molecule has 3 aromatic rings. The molecule has 0 atom stereocenters. The highest BCUT2D eigenvalue weighted by Gasteiger charge is 2.29. The Balaban J connectivity index is 2.51. The quantitative estimate of drug-likeness (QED) is 0.344. The van der Waals surface area contributed by atoms with Crippen molar-refractivity contribution in [1.29, 1.82) is 0 Å². The first-order valence-corrected chi connectivity index (χ1v) is 15.0. The van der Waals surface area contributed by atoms with Gasteiger partial charge in [-0.15, -0.1) is 0 Å². The summed E-state index contributed by atoms with van der Waals surface area (Å²) in [6.45, 7) is 27.0. The minimum absolute atomic E-state index is 0.0346. The summed E-state index contributed by atoms with van der Waals surface area (Å²) in [5, 5.41) is 13.6. The Hall–Kier alpha value is -2.44. The van der Waals surface area contributed by atoms with E-state index in [4.69, 9.17) is 0 Å². The van der Waals surface area contributed by atoms with E-state index < -0.39 is 13.9 Å². The van der Waals surface area contributed by atoms with Gasteiger partial charge < -0.3 is 5.11 Å². The minimum Gasteiger partial charge on any atom is -0.478 e. The van der Waals surface area contributed by atoms with Gasteiger partial charge in [-0.25, -0.2) is 4.79 Å². The molecule has 3 rings (SSSR count). The molecule has 2 nitrogen and oxygen atoms in total. The van der Waals surface area contributed by atoms with Crippen molar-refractivity contribution in [2.24, 2.45) is 0 Å². The Morgan fingerprint density at radius 2 is 0.868 bits per heavy atom. The second kappa shape index (κ2) is 10.3. The van der Waals surface area contributed by atoms with E-state index in [1.807, 2.05) is 18.2 Å². The normalized spacial score (nSPS) is 13.2. The second-order valence-corrected chi connectivity index (χ2v) is 16.9. The summed E-state index contributed by atoms with van der Waals surface area (Å²) >= 11 is 0. The SMILES string of the molecule is CC(C)(C)c1cc(P(c2cc(C(C)(C)C)cc(C(C)(C)C)c2)c2ccccc2C(=O)O)cc(C(C)(C)C)c1. The van der Waals surface area contributed by atoms with E-state index in [9.17, 15) is 9.90 Å². The summed E-state index contributed by atoms with van der Waals surface area (Å²) in [5.74, 6) is -0.876. The van der Waals surface area contributed by atoms with E-state index in [2.05, 4.69) is 119 Å². The van der Waals surface area contributed by atoms with Gasteiger partial charge in [0.1, 0.15) is 0 Å². The lowest BCUT2D eigenvalue weighted by Crippen LogP contribution is -2.30. The van der Waals surface area contributed by atoms with Crippen LogP contribution in [0.4, 0.5) is 0 Å². The molecule has 3 heteroatoms. The van der Waals surface area contributed by atoms with E-state index in [1.54, 1.807) is 6.07 Å². The largest absolute Gasteiger partial charge is 0.478 e. The Bertz CT molecular complexity index is 1180. The zero-order valence-electron chi connectivity index (χ0n) is 25.6. The van der Waals surface area contributed by atoms with Crippen LogP contribution in [0.1, 0.15) is 116 Å². The van der Waals surface area contributed by atoms with Crippen molar-refractivity contribution in [3.8, 4) is 0 Å². The van der Waals surface area contributed by atoms with Crippen molar-refractivity contribution in [1.82, 2.24) is 0 Å². The van der Waals surface area contributed by atoms with Crippen molar-refractivity contribution in [2.45, 2.75) is 105 Å². The lowest BCUT2D eigenvalue weighted by atomic mass is 9.81. The van der Waals surface area contributed by atoms with Gasteiger partial charge in [-0.1, -0.05) is 138 Å². The molecule has 1 N–H and O–H groups in total. The molecule has 0 aliphatic heterocycles. The molecular weight excluding hydrogens is 483 g/mol. The van der Waals surface area contributed by atoms with E-state index in [-0.39, 0.29) is 21.7 Å². The average molecular weight is 531 g/mol. The molecule has 0 aliphatic carbocycles. The first-order chi connectivity index (χ1) is 17.2. The van der Waals surface area contributed by atoms with Crippen LogP contribution in [0.25, 0.3) is 0 Å². The molecule has 38 heavy (non-hydrogen) atoms. The predicted molar refractivity (Wildman–Crippen MR) is 167 cm³/mol. The van der Waals surface area contributed by atoms with Crippen LogP contribution in [-0.2, 0) is 21.7 Å². The standard InChI is InChI=1S/C35H47O2P/c1-32(2,3)23-17-24(33(4,5)6)20-27(19-23)38(30-16-14-13-15-29(30)31(36)37)28-21-25(34(7,8)9)18-26(22-28)35(10,11)12/h13-22H,1-12H3,(H,36,37). The van der Waals surface area contributed by atoms with E-state index >= 15 is 0 Å². The maximum atomic E-state index is 12.5. The number of rotatable bonds is 4. The smallest absolute Gasteiger partial charge is 0.336 e. The van der Waals surface area contributed by atoms with Crippen molar-refractivity contribution in [2.75, 3.05) is 0 Å². The molecule has 0 heterocycles. The Morgan fingerprint density at radius 1 is 0.553 bits per heavy atom. The Morgan fingerprint density at radius 3 is 1.16 bits per heavy atom. The lowest BCUT2D eigenvalue weighted by molar-refractivity contribution is 0.0698. The molecule has 0 radical (unpaired) electrons. The molecule has 0 bridgehead atoms. The molecule has 0 spiro atoms.